The predicted molar refractivity (Wildman–Crippen MR) is 99.9 cm³/mol. The molecule has 2 heterocycles. The number of hydrogen-bond donors (Lipinski definition) is 1. The van der Waals surface area contributed by atoms with Gasteiger partial charge in [-0.3, -0.25) is 9.25 Å². The van der Waals surface area contributed by atoms with Gasteiger partial charge in [0.25, 0.3) is 0 Å². The molecule has 0 saturated carbocycles. The van der Waals surface area contributed by atoms with Gasteiger partial charge in [0.1, 0.15) is 19.3 Å². The molecule has 136 valence electrons. The maximum atomic E-state index is 8.68. The fourth-order valence-corrected chi connectivity index (χ4v) is 2.89. The summed E-state index contributed by atoms with van der Waals surface area (Å²) in [6.07, 6.45) is 4.68. The summed E-state index contributed by atoms with van der Waals surface area (Å²) in [7, 11) is 1.84. The van der Waals surface area contributed by atoms with Gasteiger partial charge >= 0.3 is 0 Å². The van der Waals surface area contributed by atoms with E-state index in [1.807, 2.05) is 48.0 Å². The van der Waals surface area contributed by atoms with Crippen molar-refractivity contribution in [3.05, 3.63) is 72.1 Å². The van der Waals surface area contributed by atoms with Crippen LogP contribution in [0.1, 0.15) is 17.0 Å². The monoisotopic (exact) mass is 362 g/mol. The highest BCUT2D eigenvalue weighted by molar-refractivity contribution is 5.87. The van der Waals surface area contributed by atoms with Crippen LogP contribution < -0.4 is 0 Å². The van der Waals surface area contributed by atoms with Crippen LogP contribution in [0, 0.1) is 0 Å². The molecule has 1 N–H and O–H groups in total. The summed E-state index contributed by atoms with van der Waals surface area (Å²) < 4.78 is 9.47. The fraction of sp³-hybridized carbons (Fsp3) is 0.158. The normalized spacial score (nSPS) is 11.6. The molecule has 4 aromatic rings. The Kier molecular flexibility index (Phi) is 4.63. The lowest BCUT2D eigenvalue weighted by atomic mass is 10.2. The molecular formula is C19H18N6O2. The zero-order valence-electron chi connectivity index (χ0n) is 14.7. The molecule has 0 fully saturated rings. The number of aryl methyl sites for hydroxylation is 1. The van der Waals surface area contributed by atoms with E-state index in [0.717, 1.165) is 33.7 Å². The van der Waals surface area contributed by atoms with Gasteiger partial charge in [-0.2, -0.15) is 5.10 Å². The molecule has 0 aliphatic carbocycles. The largest absolute Gasteiger partial charge is 0.411 e. The van der Waals surface area contributed by atoms with Gasteiger partial charge in [0.05, 0.1) is 23.9 Å². The van der Waals surface area contributed by atoms with Gasteiger partial charge in [0.2, 0.25) is 0 Å². The average molecular weight is 362 g/mol. The second-order valence-corrected chi connectivity index (χ2v) is 6.07. The molecule has 0 radical (unpaired) electrons. The van der Waals surface area contributed by atoms with E-state index in [9.17, 15) is 0 Å². The van der Waals surface area contributed by atoms with Gasteiger partial charge in [-0.1, -0.05) is 23.4 Å². The Bertz CT molecular complexity index is 1100. The molecular weight excluding hydrogens is 344 g/mol. The summed E-state index contributed by atoms with van der Waals surface area (Å²) in [5.74, 6) is 0.786. The number of fused-ring (bicyclic) bond motifs is 1. The molecule has 0 aliphatic heterocycles. The number of ether oxygens (including phenoxy) is 1. The second-order valence-electron chi connectivity index (χ2n) is 6.07. The van der Waals surface area contributed by atoms with Crippen molar-refractivity contribution in [3.63, 3.8) is 0 Å². The smallest absolute Gasteiger partial charge is 0.152 e. The molecule has 8 nitrogen and oxygen atoms in total. The van der Waals surface area contributed by atoms with E-state index >= 15 is 0 Å². The number of benzene rings is 2. The Morgan fingerprint density at radius 3 is 2.89 bits per heavy atom. The van der Waals surface area contributed by atoms with Crippen molar-refractivity contribution in [3.8, 4) is 5.69 Å². The average Bonchev–Trinajstić information content (AvgIpc) is 3.28. The Morgan fingerprint density at radius 1 is 1.15 bits per heavy atom. The van der Waals surface area contributed by atoms with Crippen LogP contribution >= 0.6 is 0 Å². The minimum absolute atomic E-state index is 0.407. The maximum absolute atomic E-state index is 8.68. The minimum atomic E-state index is 0.407. The first-order chi connectivity index (χ1) is 13.2. The Hall–Kier alpha value is -3.52. The molecule has 0 unspecified atom stereocenters. The predicted octanol–water partition coefficient (Wildman–Crippen LogP) is 2.68. The van der Waals surface area contributed by atoms with Crippen molar-refractivity contribution in [1.29, 1.82) is 0 Å². The van der Waals surface area contributed by atoms with E-state index in [-0.39, 0.29) is 0 Å². The van der Waals surface area contributed by atoms with Crippen molar-refractivity contribution in [1.82, 2.24) is 24.3 Å². The lowest BCUT2D eigenvalue weighted by Gasteiger charge is -2.08. The van der Waals surface area contributed by atoms with Crippen LogP contribution in [0.15, 0.2) is 60.3 Å². The van der Waals surface area contributed by atoms with Crippen molar-refractivity contribution in [2.75, 3.05) is 0 Å². The number of rotatable bonds is 6. The van der Waals surface area contributed by atoms with Crippen molar-refractivity contribution in [2.45, 2.75) is 13.2 Å². The van der Waals surface area contributed by atoms with Crippen molar-refractivity contribution in [2.24, 2.45) is 12.2 Å². The Morgan fingerprint density at radius 2 is 2.07 bits per heavy atom. The third kappa shape index (κ3) is 3.56. The first kappa shape index (κ1) is 16.9. The second kappa shape index (κ2) is 7.38. The zero-order valence-corrected chi connectivity index (χ0v) is 14.7. The minimum Gasteiger partial charge on any atom is -0.411 e. The molecule has 4 rings (SSSR count). The van der Waals surface area contributed by atoms with Crippen LogP contribution in [0.5, 0.6) is 0 Å². The first-order valence-corrected chi connectivity index (χ1v) is 8.39. The molecule has 2 aromatic heterocycles. The number of nitrogens with zero attached hydrogens (tertiary/aromatic N) is 6. The highest BCUT2D eigenvalue weighted by Gasteiger charge is 2.07. The van der Waals surface area contributed by atoms with Gasteiger partial charge in [0, 0.05) is 12.7 Å². The third-order valence-corrected chi connectivity index (χ3v) is 4.27. The van der Waals surface area contributed by atoms with Crippen LogP contribution in [-0.2, 0) is 25.0 Å². The molecule has 0 aliphatic rings. The summed E-state index contributed by atoms with van der Waals surface area (Å²) in [5.41, 5.74) is 4.65. The van der Waals surface area contributed by atoms with Crippen LogP contribution in [0.3, 0.4) is 0 Å². The highest BCUT2D eigenvalue weighted by atomic mass is 16.5. The summed E-state index contributed by atoms with van der Waals surface area (Å²) in [6.45, 7) is 0.883. The number of aromatic nitrogens is 5. The maximum Gasteiger partial charge on any atom is 0.152 e. The standard InChI is InChI=1S/C19H18N6O2/c1-24-19(20-12-22-24)11-27-10-15-3-2-4-16(7-15)25-13-21-17-8-14(9-23-26)5-6-18(17)25/h2-9,12-13,26H,10-11H2,1H3/b23-9+. The summed E-state index contributed by atoms with van der Waals surface area (Å²) in [6, 6.07) is 13.8. The van der Waals surface area contributed by atoms with Gasteiger partial charge in [-0.15, -0.1) is 0 Å². The van der Waals surface area contributed by atoms with Crippen molar-refractivity contribution >= 4 is 17.2 Å². The van der Waals surface area contributed by atoms with Crippen molar-refractivity contribution < 1.29 is 9.94 Å². The highest BCUT2D eigenvalue weighted by Crippen LogP contribution is 2.20. The molecule has 27 heavy (non-hydrogen) atoms. The van der Waals surface area contributed by atoms with E-state index < -0.39 is 0 Å². The van der Waals surface area contributed by atoms with Crippen LogP contribution in [0.4, 0.5) is 0 Å². The number of imidazole rings is 1. The summed E-state index contributed by atoms with van der Waals surface area (Å²) in [4.78, 5) is 8.59. The van der Waals surface area contributed by atoms with Crippen LogP contribution in [-0.4, -0.2) is 35.7 Å². The molecule has 0 saturated heterocycles. The number of hydrogen-bond acceptors (Lipinski definition) is 6. The SMILES string of the molecule is Cn1ncnc1COCc1cccc(-n2cnc3cc(/C=N/O)ccc32)c1. The van der Waals surface area contributed by atoms with E-state index in [4.69, 9.17) is 9.94 Å². The topological polar surface area (TPSA) is 90.4 Å². The van der Waals surface area contributed by atoms with Gasteiger partial charge in [0.15, 0.2) is 5.82 Å². The molecule has 2 aromatic carbocycles. The van der Waals surface area contributed by atoms with E-state index in [1.165, 1.54) is 12.5 Å². The Balaban J connectivity index is 1.53. The van der Waals surface area contributed by atoms with Crippen LogP contribution in [0.2, 0.25) is 0 Å². The quantitative estimate of drug-likeness (QED) is 0.323. The lowest BCUT2D eigenvalue weighted by Crippen LogP contribution is -2.03. The van der Waals surface area contributed by atoms with E-state index in [2.05, 4.69) is 26.3 Å². The van der Waals surface area contributed by atoms with Gasteiger partial charge in [-0.25, -0.2) is 9.97 Å². The van der Waals surface area contributed by atoms with E-state index in [1.54, 1.807) is 11.0 Å². The first-order valence-electron chi connectivity index (χ1n) is 8.39. The number of oxime groups is 1. The zero-order chi connectivity index (χ0) is 18.6. The van der Waals surface area contributed by atoms with Gasteiger partial charge in [-0.05, 0) is 35.4 Å². The summed E-state index contributed by atoms with van der Waals surface area (Å²) >= 11 is 0. The van der Waals surface area contributed by atoms with E-state index in [0.29, 0.717) is 13.2 Å². The van der Waals surface area contributed by atoms with Gasteiger partial charge < -0.3 is 9.94 Å². The summed E-state index contributed by atoms with van der Waals surface area (Å²) in [5, 5.41) is 15.8. The van der Waals surface area contributed by atoms with Crippen LogP contribution in [0.25, 0.3) is 16.7 Å². The Labute approximate surface area is 155 Å². The molecule has 0 atom stereocenters. The lowest BCUT2D eigenvalue weighted by molar-refractivity contribution is 0.0993. The molecule has 8 heteroatoms. The molecule has 0 bridgehead atoms. The third-order valence-electron chi connectivity index (χ3n) is 4.27. The molecule has 0 amide bonds. The molecule has 0 spiro atoms. The fourth-order valence-electron chi connectivity index (χ4n) is 2.89.